The summed E-state index contributed by atoms with van der Waals surface area (Å²) in [5.41, 5.74) is 2.05. The summed E-state index contributed by atoms with van der Waals surface area (Å²) in [6, 6.07) is 18.6. The van der Waals surface area contributed by atoms with E-state index in [9.17, 15) is 9.18 Å². The first-order valence-corrected chi connectivity index (χ1v) is 12.3. The van der Waals surface area contributed by atoms with Crippen molar-refractivity contribution in [3.8, 4) is 0 Å². The minimum atomic E-state index is -0.341. The van der Waals surface area contributed by atoms with Gasteiger partial charge in [-0.25, -0.2) is 14.2 Å². The Bertz CT molecular complexity index is 1370. The van der Waals surface area contributed by atoms with Gasteiger partial charge in [-0.05, 0) is 67.4 Å². The molecule has 3 N–H and O–H groups in total. The molecule has 1 saturated heterocycles. The van der Waals surface area contributed by atoms with Crippen LogP contribution in [0.1, 0.15) is 12.8 Å². The van der Waals surface area contributed by atoms with Crippen molar-refractivity contribution in [3.05, 3.63) is 82.6 Å². The molecule has 0 radical (unpaired) electrons. The number of benzene rings is 3. The molecule has 3 aromatic carbocycles. The van der Waals surface area contributed by atoms with Crippen LogP contribution in [0.15, 0.2) is 66.7 Å². The first kappa shape index (κ1) is 24.1. The number of piperidine rings is 1. The van der Waals surface area contributed by atoms with Gasteiger partial charge in [0.1, 0.15) is 11.6 Å². The molecular weight excluding hydrogens is 502 g/mol. The summed E-state index contributed by atoms with van der Waals surface area (Å²) in [5, 5.41) is 11.5. The summed E-state index contributed by atoms with van der Waals surface area (Å²) in [6.07, 6.45) is 1.50. The van der Waals surface area contributed by atoms with E-state index in [1.165, 1.54) is 12.1 Å². The Morgan fingerprint density at radius 2 is 1.61 bits per heavy atom. The molecule has 0 bridgehead atoms. The molecule has 5 rings (SSSR count). The summed E-state index contributed by atoms with van der Waals surface area (Å²) >= 11 is 12.3. The molecule has 0 atom stereocenters. The number of nitrogens with zero attached hydrogens (tertiary/aromatic N) is 3. The van der Waals surface area contributed by atoms with Crippen LogP contribution in [0, 0.1) is 5.82 Å². The van der Waals surface area contributed by atoms with Crippen LogP contribution in [0.5, 0.6) is 0 Å². The van der Waals surface area contributed by atoms with Crippen LogP contribution in [0.25, 0.3) is 10.9 Å². The van der Waals surface area contributed by atoms with E-state index >= 15 is 0 Å². The van der Waals surface area contributed by atoms with Gasteiger partial charge in [-0.3, -0.25) is 0 Å². The predicted molar refractivity (Wildman–Crippen MR) is 143 cm³/mol. The lowest BCUT2D eigenvalue weighted by atomic mass is 10.0. The number of hydrogen-bond donors (Lipinski definition) is 3. The van der Waals surface area contributed by atoms with Crippen molar-refractivity contribution < 1.29 is 9.18 Å². The zero-order valence-corrected chi connectivity index (χ0v) is 20.7. The molecule has 4 aromatic rings. The molecule has 0 aliphatic carbocycles. The monoisotopic (exact) mass is 524 g/mol. The summed E-state index contributed by atoms with van der Waals surface area (Å²) in [4.78, 5) is 23.7. The third-order valence-corrected chi connectivity index (χ3v) is 6.38. The minimum absolute atomic E-state index is 0.131. The molecule has 36 heavy (non-hydrogen) atoms. The van der Waals surface area contributed by atoms with Gasteiger partial charge in [0.15, 0.2) is 0 Å². The Morgan fingerprint density at radius 3 is 2.33 bits per heavy atom. The van der Waals surface area contributed by atoms with Crippen molar-refractivity contribution in [1.29, 1.82) is 0 Å². The topological polar surface area (TPSA) is 82.2 Å². The van der Waals surface area contributed by atoms with Crippen LogP contribution >= 0.6 is 23.2 Å². The number of amides is 2. The van der Waals surface area contributed by atoms with Gasteiger partial charge in [0.05, 0.1) is 5.52 Å². The molecule has 2 amide bonds. The Labute approximate surface area is 217 Å². The molecule has 0 saturated carbocycles. The second-order valence-electron chi connectivity index (χ2n) is 8.54. The van der Waals surface area contributed by atoms with Crippen molar-refractivity contribution in [2.45, 2.75) is 18.9 Å². The molecule has 1 fully saturated rings. The summed E-state index contributed by atoms with van der Waals surface area (Å²) in [6.45, 7) is 1.17. The fourth-order valence-electron chi connectivity index (χ4n) is 4.15. The Hall–Kier alpha value is -3.62. The number of anilines is 4. The molecule has 10 heteroatoms. The second kappa shape index (κ2) is 10.6. The Balaban J connectivity index is 1.27. The van der Waals surface area contributed by atoms with Crippen molar-refractivity contribution >= 4 is 63.3 Å². The Morgan fingerprint density at radius 1 is 0.917 bits per heavy atom. The van der Waals surface area contributed by atoms with E-state index in [0.29, 0.717) is 46.3 Å². The standard InChI is InChI=1S/C26H23Cl2FN6O/c27-16-13-17(28)15-21(14-16)31-25-33-23-4-2-1-3-22(23)24(34-25)30-20-9-11-35(12-10-20)26(36)32-19-7-5-18(29)6-8-19/h1-8,13-15,20H,9-12H2,(H,32,36)(H2,30,31,33,34). The van der Waals surface area contributed by atoms with E-state index < -0.39 is 0 Å². The number of para-hydroxylation sites is 1. The molecule has 1 aromatic heterocycles. The van der Waals surface area contributed by atoms with Gasteiger partial charge in [0.2, 0.25) is 5.95 Å². The van der Waals surface area contributed by atoms with E-state index in [-0.39, 0.29) is 17.9 Å². The predicted octanol–water partition coefficient (Wildman–Crippen LogP) is 6.93. The largest absolute Gasteiger partial charge is 0.367 e. The smallest absolute Gasteiger partial charge is 0.321 e. The number of rotatable bonds is 5. The van der Waals surface area contributed by atoms with E-state index in [4.69, 9.17) is 28.2 Å². The van der Waals surface area contributed by atoms with E-state index in [1.807, 2.05) is 24.3 Å². The number of urea groups is 1. The van der Waals surface area contributed by atoms with Crippen LogP contribution in [0.4, 0.5) is 32.3 Å². The fraction of sp³-hybridized carbons (Fsp3) is 0.192. The van der Waals surface area contributed by atoms with E-state index in [1.54, 1.807) is 35.2 Å². The van der Waals surface area contributed by atoms with Gasteiger partial charge in [0.25, 0.3) is 0 Å². The number of carbonyl (C=O) groups excluding carboxylic acids is 1. The maximum atomic E-state index is 13.1. The summed E-state index contributed by atoms with van der Waals surface area (Å²) in [5.74, 6) is 0.794. The number of nitrogens with one attached hydrogen (secondary N) is 3. The number of fused-ring (bicyclic) bond motifs is 1. The summed E-state index contributed by atoms with van der Waals surface area (Å²) < 4.78 is 13.1. The highest BCUT2D eigenvalue weighted by Gasteiger charge is 2.24. The lowest BCUT2D eigenvalue weighted by Gasteiger charge is -2.32. The quantitative estimate of drug-likeness (QED) is 0.263. The van der Waals surface area contributed by atoms with Crippen LogP contribution in [0.2, 0.25) is 10.0 Å². The maximum absolute atomic E-state index is 13.1. The SMILES string of the molecule is O=C(Nc1ccc(F)cc1)N1CCC(Nc2nc(Nc3cc(Cl)cc(Cl)c3)nc3ccccc23)CC1. The molecule has 184 valence electrons. The normalized spacial score (nSPS) is 14.0. The van der Waals surface area contributed by atoms with Gasteiger partial charge in [0, 0.05) is 45.9 Å². The van der Waals surface area contributed by atoms with Crippen molar-refractivity contribution in [3.63, 3.8) is 0 Å². The summed E-state index contributed by atoms with van der Waals surface area (Å²) in [7, 11) is 0. The lowest BCUT2D eigenvalue weighted by molar-refractivity contribution is 0.197. The number of carbonyl (C=O) groups is 1. The van der Waals surface area contributed by atoms with E-state index in [2.05, 4.69) is 20.9 Å². The van der Waals surface area contributed by atoms with Gasteiger partial charge in [-0.2, -0.15) is 4.98 Å². The van der Waals surface area contributed by atoms with Crippen molar-refractivity contribution in [2.24, 2.45) is 0 Å². The third-order valence-electron chi connectivity index (χ3n) is 5.94. The molecule has 2 heterocycles. The zero-order valence-electron chi connectivity index (χ0n) is 19.1. The second-order valence-corrected chi connectivity index (χ2v) is 9.41. The number of likely N-dealkylation sites (tertiary alicyclic amines) is 1. The van der Waals surface area contributed by atoms with Crippen LogP contribution < -0.4 is 16.0 Å². The molecule has 1 aliphatic rings. The highest BCUT2D eigenvalue weighted by Crippen LogP contribution is 2.28. The zero-order chi connectivity index (χ0) is 25.1. The number of halogens is 3. The van der Waals surface area contributed by atoms with E-state index in [0.717, 1.165) is 23.7 Å². The van der Waals surface area contributed by atoms with Crippen molar-refractivity contribution in [1.82, 2.24) is 14.9 Å². The molecule has 7 nitrogen and oxygen atoms in total. The lowest BCUT2D eigenvalue weighted by Crippen LogP contribution is -2.44. The average Bonchev–Trinajstić information content (AvgIpc) is 2.85. The minimum Gasteiger partial charge on any atom is -0.367 e. The fourth-order valence-corrected chi connectivity index (χ4v) is 4.68. The third kappa shape index (κ3) is 5.78. The molecule has 0 spiro atoms. The van der Waals surface area contributed by atoms with Gasteiger partial charge in [-0.15, -0.1) is 0 Å². The molecular formula is C26H23Cl2FN6O. The first-order valence-electron chi connectivity index (χ1n) is 11.5. The van der Waals surface area contributed by atoms with Gasteiger partial charge >= 0.3 is 6.03 Å². The maximum Gasteiger partial charge on any atom is 0.321 e. The highest BCUT2D eigenvalue weighted by atomic mass is 35.5. The molecule has 1 aliphatic heterocycles. The van der Waals surface area contributed by atoms with Gasteiger partial charge < -0.3 is 20.9 Å². The van der Waals surface area contributed by atoms with Crippen LogP contribution in [0.3, 0.4) is 0 Å². The van der Waals surface area contributed by atoms with Crippen molar-refractivity contribution in [2.75, 3.05) is 29.0 Å². The van der Waals surface area contributed by atoms with Gasteiger partial charge in [-0.1, -0.05) is 35.3 Å². The highest BCUT2D eigenvalue weighted by molar-refractivity contribution is 6.35. The Kier molecular flexibility index (Phi) is 7.06. The number of aromatic nitrogens is 2. The van der Waals surface area contributed by atoms with Crippen LogP contribution in [-0.2, 0) is 0 Å². The molecule has 0 unspecified atom stereocenters. The van der Waals surface area contributed by atoms with Crippen LogP contribution in [-0.4, -0.2) is 40.0 Å². The average molecular weight is 525 g/mol. The number of hydrogen-bond acceptors (Lipinski definition) is 5. The first-order chi connectivity index (χ1) is 17.4.